The van der Waals surface area contributed by atoms with Gasteiger partial charge in [-0.1, -0.05) is 19.0 Å². The van der Waals surface area contributed by atoms with Crippen LogP contribution in [0.3, 0.4) is 0 Å². The molecule has 176 valence electrons. The van der Waals surface area contributed by atoms with E-state index in [1.807, 2.05) is 18.7 Å². The highest BCUT2D eigenvalue weighted by atomic mass is 32.2. The van der Waals surface area contributed by atoms with Gasteiger partial charge in [-0.2, -0.15) is 9.29 Å². The van der Waals surface area contributed by atoms with Crippen LogP contribution >= 0.6 is 0 Å². The third-order valence-corrected chi connectivity index (χ3v) is 7.25. The van der Waals surface area contributed by atoms with Gasteiger partial charge in [0.05, 0.1) is 25.3 Å². The zero-order valence-electron chi connectivity index (χ0n) is 18.8. The molecule has 0 spiro atoms. The Balaban J connectivity index is 1.21. The van der Waals surface area contributed by atoms with E-state index in [1.54, 1.807) is 12.4 Å². The molecule has 0 amide bonds. The third-order valence-electron chi connectivity index (χ3n) is 5.95. The van der Waals surface area contributed by atoms with Crippen LogP contribution in [0.2, 0.25) is 0 Å². The number of hydrogen-bond donors (Lipinski definition) is 0. The van der Waals surface area contributed by atoms with Crippen molar-refractivity contribution in [1.82, 2.24) is 24.4 Å². The van der Waals surface area contributed by atoms with Crippen LogP contribution in [0.4, 0.5) is 11.8 Å². The van der Waals surface area contributed by atoms with E-state index in [2.05, 4.69) is 25.0 Å². The van der Waals surface area contributed by atoms with Gasteiger partial charge in [0, 0.05) is 45.2 Å². The molecule has 2 aliphatic heterocycles. The molecule has 12 heteroatoms. The number of nitrogens with zero attached hydrogens (tertiary/aromatic N) is 7. The first-order valence-corrected chi connectivity index (χ1v) is 12.9. The van der Waals surface area contributed by atoms with Crippen LogP contribution in [-0.4, -0.2) is 85.0 Å². The van der Waals surface area contributed by atoms with Crippen LogP contribution < -0.4 is 14.5 Å². The molecule has 11 nitrogen and oxygen atoms in total. The van der Waals surface area contributed by atoms with Gasteiger partial charge in [0.15, 0.2) is 5.82 Å². The largest absolute Gasteiger partial charge is 0.476 e. The molecule has 4 heterocycles. The second-order valence-electron chi connectivity index (χ2n) is 8.69. The summed E-state index contributed by atoms with van der Waals surface area (Å²) in [6.07, 6.45) is 6.53. The van der Waals surface area contributed by atoms with Crippen molar-refractivity contribution < 1.29 is 17.7 Å². The fraction of sp³-hybridized carbons (Fsp3) is 0.700. The summed E-state index contributed by atoms with van der Waals surface area (Å²) in [6, 6.07) is 0.604. The summed E-state index contributed by atoms with van der Waals surface area (Å²) in [4.78, 5) is 17.5. The van der Waals surface area contributed by atoms with E-state index in [1.165, 1.54) is 10.6 Å². The summed E-state index contributed by atoms with van der Waals surface area (Å²) in [6.45, 7) is 8.52. The maximum atomic E-state index is 11.6. The lowest BCUT2D eigenvalue weighted by molar-refractivity contribution is 0.213. The van der Waals surface area contributed by atoms with E-state index >= 15 is 0 Å². The monoisotopic (exact) mass is 465 g/mol. The second-order valence-corrected chi connectivity index (χ2v) is 10.7. The van der Waals surface area contributed by atoms with Gasteiger partial charge in [-0.25, -0.2) is 18.4 Å². The predicted octanol–water partition coefficient (Wildman–Crippen LogP) is 1.36. The lowest BCUT2D eigenvalue weighted by Gasteiger charge is -2.33. The Morgan fingerprint density at radius 1 is 1.06 bits per heavy atom. The summed E-state index contributed by atoms with van der Waals surface area (Å²) in [5.41, 5.74) is 0. The number of rotatable bonds is 7. The van der Waals surface area contributed by atoms with Crippen molar-refractivity contribution in [2.24, 2.45) is 5.92 Å². The molecule has 0 N–H and O–H groups in total. The van der Waals surface area contributed by atoms with Crippen LogP contribution in [0.25, 0.3) is 0 Å². The first-order chi connectivity index (χ1) is 15.3. The Labute approximate surface area is 188 Å². The molecular formula is C20H31N7O4S. The maximum absolute atomic E-state index is 11.6. The Morgan fingerprint density at radius 3 is 2.34 bits per heavy atom. The number of ether oxygens (including phenoxy) is 1. The molecule has 0 saturated carbocycles. The number of sulfonamides is 1. The van der Waals surface area contributed by atoms with E-state index in [0.29, 0.717) is 50.6 Å². The lowest BCUT2D eigenvalue weighted by Crippen LogP contribution is -2.48. The van der Waals surface area contributed by atoms with Crippen molar-refractivity contribution in [2.45, 2.75) is 32.6 Å². The Kier molecular flexibility index (Phi) is 6.79. The number of aromatic nitrogens is 4. The SMILES string of the molecule is CC(C)c1noc(N2CCC(COc3cnc(N4CCN(S(C)(=O)=O)CC4)cn3)CC2)n1. The van der Waals surface area contributed by atoms with Crippen LogP contribution in [-0.2, 0) is 10.0 Å². The molecule has 0 bridgehead atoms. The zero-order valence-corrected chi connectivity index (χ0v) is 19.7. The fourth-order valence-electron chi connectivity index (χ4n) is 3.88. The third kappa shape index (κ3) is 5.47. The summed E-state index contributed by atoms with van der Waals surface area (Å²) < 4.78 is 36.0. The van der Waals surface area contributed by atoms with Crippen LogP contribution in [0.5, 0.6) is 5.88 Å². The van der Waals surface area contributed by atoms with Crippen LogP contribution in [0, 0.1) is 5.92 Å². The molecule has 2 aromatic rings. The fourth-order valence-corrected chi connectivity index (χ4v) is 4.71. The highest BCUT2D eigenvalue weighted by molar-refractivity contribution is 7.88. The summed E-state index contributed by atoms with van der Waals surface area (Å²) in [5, 5.41) is 4.04. The van der Waals surface area contributed by atoms with Gasteiger partial charge in [0.2, 0.25) is 15.9 Å². The molecule has 0 radical (unpaired) electrons. The standard InChI is InChI=1S/C20H31N7O4S/c1-15(2)19-23-20(31-24-19)26-6-4-16(5-7-26)14-30-18-13-21-17(12-22-18)25-8-10-27(11-9-25)32(3,28)29/h12-13,15-16H,4-11,14H2,1-3H3. The van der Waals surface area contributed by atoms with Crippen molar-refractivity contribution in [1.29, 1.82) is 0 Å². The number of anilines is 2. The highest BCUT2D eigenvalue weighted by Crippen LogP contribution is 2.24. The van der Waals surface area contributed by atoms with Crippen molar-refractivity contribution in [3.05, 3.63) is 18.2 Å². The number of hydrogen-bond acceptors (Lipinski definition) is 10. The summed E-state index contributed by atoms with van der Waals surface area (Å²) in [5.74, 6) is 2.67. The minimum Gasteiger partial charge on any atom is -0.476 e. The molecule has 32 heavy (non-hydrogen) atoms. The maximum Gasteiger partial charge on any atom is 0.324 e. The molecule has 2 saturated heterocycles. The first kappa shape index (κ1) is 22.7. The number of piperazine rings is 1. The van der Waals surface area contributed by atoms with Crippen molar-refractivity contribution >= 4 is 21.9 Å². The molecule has 2 fully saturated rings. The van der Waals surface area contributed by atoms with Gasteiger partial charge in [-0.15, -0.1) is 0 Å². The van der Waals surface area contributed by atoms with Gasteiger partial charge >= 0.3 is 6.01 Å². The molecule has 2 aromatic heterocycles. The van der Waals surface area contributed by atoms with Gasteiger partial charge in [0.1, 0.15) is 5.82 Å². The smallest absolute Gasteiger partial charge is 0.324 e. The molecule has 0 aliphatic carbocycles. The predicted molar refractivity (Wildman–Crippen MR) is 119 cm³/mol. The van der Waals surface area contributed by atoms with Gasteiger partial charge in [-0.05, 0) is 18.8 Å². The van der Waals surface area contributed by atoms with Gasteiger partial charge < -0.3 is 19.1 Å². The highest BCUT2D eigenvalue weighted by Gasteiger charge is 2.25. The molecule has 4 rings (SSSR count). The summed E-state index contributed by atoms with van der Waals surface area (Å²) in [7, 11) is -3.14. The average molecular weight is 466 g/mol. The second kappa shape index (κ2) is 9.57. The van der Waals surface area contributed by atoms with Gasteiger partial charge in [0.25, 0.3) is 0 Å². The minimum atomic E-state index is -3.14. The molecular weight excluding hydrogens is 434 g/mol. The van der Waals surface area contributed by atoms with E-state index < -0.39 is 10.0 Å². The molecule has 0 aromatic carbocycles. The van der Waals surface area contributed by atoms with Crippen molar-refractivity contribution in [3.63, 3.8) is 0 Å². The average Bonchev–Trinajstić information content (AvgIpc) is 3.29. The van der Waals surface area contributed by atoms with Crippen molar-refractivity contribution in [3.8, 4) is 5.88 Å². The van der Waals surface area contributed by atoms with Gasteiger partial charge in [-0.3, -0.25) is 0 Å². The normalized spacial score (nSPS) is 19.0. The van der Waals surface area contributed by atoms with Crippen LogP contribution in [0.15, 0.2) is 16.9 Å². The van der Waals surface area contributed by atoms with E-state index in [4.69, 9.17) is 9.26 Å². The van der Waals surface area contributed by atoms with Crippen LogP contribution in [0.1, 0.15) is 38.4 Å². The van der Waals surface area contributed by atoms with E-state index in [9.17, 15) is 8.42 Å². The topological polar surface area (TPSA) is 118 Å². The molecule has 0 unspecified atom stereocenters. The summed E-state index contributed by atoms with van der Waals surface area (Å²) >= 11 is 0. The Morgan fingerprint density at radius 2 is 1.78 bits per heavy atom. The molecule has 2 aliphatic rings. The van der Waals surface area contributed by atoms with E-state index in [0.717, 1.165) is 37.6 Å². The zero-order chi connectivity index (χ0) is 22.7. The van der Waals surface area contributed by atoms with E-state index in [-0.39, 0.29) is 5.92 Å². The Bertz CT molecular complexity index is 980. The minimum absolute atomic E-state index is 0.253. The quantitative estimate of drug-likeness (QED) is 0.593. The molecule has 0 atom stereocenters. The first-order valence-electron chi connectivity index (χ1n) is 11.0. The lowest BCUT2D eigenvalue weighted by atomic mass is 9.98. The number of piperidine rings is 1. The Hall–Kier alpha value is -2.47. The van der Waals surface area contributed by atoms with Crippen molar-refractivity contribution in [2.75, 3.05) is 61.9 Å².